The normalized spacial score (nSPS) is 14.4. The molecule has 18 heavy (non-hydrogen) atoms. The van der Waals surface area contributed by atoms with E-state index in [0.717, 1.165) is 21.7 Å². The maximum absolute atomic E-state index is 6.17. The first kappa shape index (κ1) is 13.6. The minimum absolute atomic E-state index is 0.0478. The highest BCUT2D eigenvalue weighted by Gasteiger charge is 2.22. The van der Waals surface area contributed by atoms with E-state index < -0.39 is 0 Å². The smallest absolute Gasteiger partial charge is 0.118 e. The number of pyridine rings is 1. The Hall–Kier alpha value is -0.780. The number of rotatable bonds is 5. The highest BCUT2D eigenvalue weighted by Crippen LogP contribution is 2.37. The number of furan rings is 1. The Kier molecular flexibility index (Phi) is 4.86. The van der Waals surface area contributed by atoms with Gasteiger partial charge in [0.25, 0.3) is 0 Å². The molecule has 3 nitrogen and oxygen atoms in total. The molecule has 2 rings (SSSR count). The van der Waals surface area contributed by atoms with Gasteiger partial charge in [0.05, 0.1) is 16.5 Å². The van der Waals surface area contributed by atoms with Crippen molar-refractivity contribution in [1.82, 2.24) is 4.98 Å². The summed E-state index contributed by atoms with van der Waals surface area (Å²) >= 11 is 5.02. The predicted molar refractivity (Wildman–Crippen MR) is 77.5 cm³/mol. The summed E-state index contributed by atoms with van der Waals surface area (Å²) in [6, 6.07) is 7.86. The fraction of sp³-hybridized carbons (Fsp3) is 0.308. The topological polar surface area (TPSA) is 52.0 Å². The predicted octanol–water partition coefficient (Wildman–Crippen LogP) is 4.01. The lowest BCUT2D eigenvalue weighted by Gasteiger charge is -2.19. The van der Waals surface area contributed by atoms with E-state index >= 15 is 0 Å². The molecule has 0 bridgehead atoms. The first-order valence-electron chi connectivity index (χ1n) is 5.78. The molecule has 0 radical (unpaired) electrons. The zero-order valence-corrected chi connectivity index (χ0v) is 12.4. The third kappa shape index (κ3) is 3.37. The van der Waals surface area contributed by atoms with Crippen LogP contribution in [0.3, 0.4) is 0 Å². The van der Waals surface area contributed by atoms with Gasteiger partial charge >= 0.3 is 0 Å². The third-order valence-electron chi connectivity index (χ3n) is 2.63. The second kappa shape index (κ2) is 6.41. The molecule has 5 heteroatoms. The Balaban J connectivity index is 2.17. The highest BCUT2D eigenvalue weighted by molar-refractivity contribution is 9.10. The SMILES string of the molecule is CCC(N)C(Sc1ccc(Br)cn1)c1ccco1. The summed E-state index contributed by atoms with van der Waals surface area (Å²) in [5.41, 5.74) is 6.17. The summed E-state index contributed by atoms with van der Waals surface area (Å²) in [6.07, 6.45) is 4.37. The van der Waals surface area contributed by atoms with Crippen LogP contribution in [0.25, 0.3) is 0 Å². The van der Waals surface area contributed by atoms with Gasteiger partial charge in [-0.15, -0.1) is 0 Å². The largest absolute Gasteiger partial charge is 0.468 e. The van der Waals surface area contributed by atoms with E-state index in [-0.39, 0.29) is 11.3 Å². The van der Waals surface area contributed by atoms with E-state index in [1.807, 2.05) is 24.3 Å². The molecule has 0 aliphatic heterocycles. The summed E-state index contributed by atoms with van der Waals surface area (Å²) < 4.78 is 6.45. The molecule has 2 aromatic rings. The van der Waals surface area contributed by atoms with E-state index in [9.17, 15) is 0 Å². The van der Waals surface area contributed by atoms with Gasteiger partial charge < -0.3 is 10.2 Å². The van der Waals surface area contributed by atoms with Crippen molar-refractivity contribution in [2.45, 2.75) is 29.7 Å². The van der Waals surface area contributed by atoms with Crippen molar-refractivity contribution < 1.29 is 4.42 Å². The number of halogens is 1. The van der Waals surface area contributed by atoms with Crippen LogP contribution in [0.1, 0.15) is 24.4 Å². The molecule has 0 aliphatic carbocycles. The third-order valence-corrected chi connectivity index (χ3v) is 4.42. The molecule has 0 fully saturated rings. The van der Waals surface area contributed by atoms with Crippen molar-refractivity contribution >= 4 is 27.7 Å². The van der Waals surface area contributed by atoms with Gasteiger partial charge in [0.15, 0.2) is 0 Å². The number of thioether (sulfide) groups is 1. The van der Waals surface area contributed by atoms with Crippen LogP contribution < -0.4 is 5.73 Å². The van der Waals surface area contributed by atoms with Gasteiger partial charge in [-0.1, -0.05) is 18.7 Å². The lowest BCUT2D eigenvalue weighted by Crippen LogP contribution is -2.25. The minimum Gasteiger partial charge on any atom is -0.468 e. The standard InChI is InChI=1S/C13H15BrN2OS/c1-2-10(15)13(11-4-3-7-17-11)18-12-6-5-9(14)8-16-12/h3-8,10,13H,2,15H2,1H3. The molecule has 2 aromatic heterocycles. The Morgan fingerprint density at radius 1 is 1.44 bits per heavy atom. The lowest BCUT2D eigenvalue weighted by atomic mass is 10.1. The molecule has 0 spiro atoms. The van der Waals surface area contributed by atoms with Gasteiger partial charge in [0, 0.05) is 16.7 Å². The number of hydrogen-bond acceptors (Lipinski definition) is 4. The number of aromatic nitrogens is 1. The van der Waals surface area contributed by atoms with Gasteiger partial charge in [-0.05, 0) is 46.6 Å². The zero-order chi connectivity index (χ0) is 13.0. The fourth-order valence-corrected chi connectivity index (χ4v) is 2.96. The first-order chi connectivity index (χ1) is 8.70. The molecule has 0 aliphatic rings. The van der Waals surface area contributed by atoms with Crippen molar-refractivity contribution in [1.29, 1.82) is 0 Å². The number of nitrogens with two attached hydrogens (primary N) is 1. The second-order valence-corrected chi connectivity index (χ2v) is 6.02. The molecule has 0 saturated carbocycles. The van der Waals surface area contributed by atoms with E-state index in [0.29, 0.717) is 0 Å². The van der Waals surface area contributed by atoms with Gasteiger partial charge in [-0.2, -0.15) is 0 Å². The van der Waals surface area contributed by atoms with E-state index in [1.165, 1.54) is 0 Å². The Labute approximate surface area is 119 Å². The molecule has 2 heterocycles. The van der Waals surface area contributed by atoms with Crippen LogP contribution in [-0.4, -0.2) is 11.0 Å². The van der Waals surface area contributed by atoms with Crippen molar-refractivity contribution in [3.05, 3.63) is 47.0 Å². The maximum Gasteiger partial charge on any atom is 0.118 e. The molecule has 0 aromatic carbocycles. The summed E-state index contributed by atoms with van der Waals surface area (Å²) in [5, 5.41) is 1.04. The Morgan fingerprint density at radius 2 is 2.28 bits per heavy atom. The minimum atomic E-state index is 0.0478. The van der Waals surface area contributed by atoms with E-state index in [2.05, 4.69) is 27.8 Å². The van der Waals surface area contributed by atoms with Crippen molar-refractivity contribution in [2.75, 3.05) is 0 Å². The molecule has 0 amide bonds. The van der Waals surface area contributed by atoms with Gasteiger partial charge in [-0.25, -0.2) is 4.98 Å². The van der Waals surface area contributed by atoms with Gasteiger partial charge in [-0.3, -0.25) is 0 Å². The first-order valence-corrected chi connectivity index (χ1v) is 7.45. The van der Waals surface area contributed by atoms with E-state index in [4.69, 9.17) is 10.2 Å². The van der Waals surface area contributed by atoms with Crippen LogP contribution in [0, 0.1) is 0 Å². The zero-order valence-electron chi connectivity index (χ0n) is 10.0. The van der Waals surface area contributed by atoms with Crippen molar-refractivity contribution in [3.63, 3.8) is 0 Å². The Morgan fingerprint density at radius 3 is 2.83 bits per heavy atom. The van der Waals surface area contributed by atoms with Gasteiger partial charge in [0.2, 0.25) is 0 Å². The maximum atomic E-state index is 6.17. The molecule has 96 valence electrons. The highest BCUT2D eigenvalue weighted by atomic mass is 79.9. The van der Waals surface area contributed by atoms with Crippen LogP contribution in [-0.2, 0) is 0 Å². The molecule has 2 atom stereocenters. The summed E-state index contributed by atoms with van der Waals surface area (Å²) in [5.74, 6) is 0.902. The summed E-state index contributed by atoms with van der Waals surface area (Å²) in [6.45, 7) is 2.08. The van der Waals surface area contributed by atoms with Crippen molar-refractivity contribution in [2.24, 2.45) is 5.73 Å². The number of hydrogen-bond donors (Lipinski definition) is 1. The summed E-state index contributed by atoms with van der Waals surface area (Å²) in [7, 11) is 0. The second-order valence-electron chi connectivity index (χ2n) is 3.94. The van der Waals surface area contributed by atoms with Crippen LogP contribution in [0.5, 0.6) is 0 Å². The van der Waals surface area contributed by atoms with Crippen molar-refractivity contribution in [3.8, 4) is 0 Å². The Bertz CT molecular complexity index is 472. The molecule has 0 saturated heterocycles. The average Bonchev–Trinajstić information content (AvgIpc) is 2.91. The summed E-state index contributed by atoms with van der Waals surface area (Å²) in [4.78, 5) is 4.36. The fourth-order valence-electron chi connectivity index (χ4n) is 1.59. The van der Waals surface area contributed by atoms with Crippen LogP contribution >= 0.6 is 27.7 Å². The molecular formula is C13H15BrN2OS. The van der Waals surface area contributed by atoms with E-state index in [1.54, 1.807) is 24.2 Å². The molecular weight excluding hydrogens is 312 g/mol. The van der Waals surface area contributed by atoms with Crippen LogP contribution in [0.4, 0.5) is 0 Å². The molecule has 2 N–H and O–H groups in total. The monoisotopic (exact) mass is 326 g/mol. The average molecular weight is 327 g/mol. The van der Waals surface area contributed by atoms with Crippen LogP contribution in [0.2, 0.25) is 0 Å². The van der Waals surface area contributed by atoms with Crippen LogP contribution in [0.15, 0.2) is 50.6 Å². The molecule has 2 unspecified atom stereocenters. The number of nitrogens with zero attached hydrogens (tertiary/aromatic N) is 1. The van der Waals surface area contributed by atoms with Gasteiger partial charge in [0.1, 0.15) is 5.76 Å². The lowest BCUT2D eigenvalue weighted by molar-refractivity contribution is 0.473. The quantitative estimate of drug-likeness (QED) is 0.843.